The van der Waals surface area contributed by atoms with E-state index >= 15 is 0 Å². The molecule has 0 aliphatic heterocycles. The highest BCUT2D eigenvalue weighted by Gasteiger charge is 2.12. The standard InChI is InChI=1S/C12H14N2O2/c1-3-10(7-13)14-12(16)9-5-4-8(2)11(15)6-9/h4-6,10,15H,3H2,1-2H3,(H,14,16). The Morgan fingerprint density at radius 3 is 2.81 bits per heavy atom. The van der Waals surface area contributed by atoms with Gasteiger partial charge in [0.05, 0.1) is 6.07 Å². The molecule has 1 atom stereocenters. The maximum absolute atomic E-state index is 11.7. The van der Waals surface area contributed by atoms with Crippen molar-refractivity contribution in [2.24, 2.45) is 0 Å². The van der Waals surface area contributed by atoms with E-state index in [1.165, 1.54) is 6.07 Å². The monoisotopic (exact) mass is 218 g/mol. The van der Waals surface area contributed by atoms with Gasteiger partial charge in [0.15, 0.2) is 0 Å². The molecular formula is C12H14N2O2. The van der Waals surface area contributed by atoms with Crippen LogP contribution >= 0.6 is 0 Å². The number of hydrogen-bond acceptors (Lipinski definition) is 3. The van der Waals surface area contributed by atoms with E-state index in [0.717, 1.165) is 0 Å². The fourth-order valence-electron chi connectivity index (χ4n) is 1.22. The number of nitrogens with zero attached hydrogens (tertiary/aromatic N) is 1. The molecule has 0 bridgehead atoms. The van der Waals surface area contributed by atoms with E-state index in [2.05, 4.69) is 5.32 Å². The summed E-state index contributed by atoms with van der Waals surface area (Å²) in [5.74, 6) is -0.263. The highest BCUT2D eigenvalue weighted by Crippen LogP contribution is 2.17. The zero-order valence-corrected chi connectivity index (χ0v) is 9.32. The van der Waals surface area contributed by atoms with Gasteiger partial charge < -0.3 is 10.4 Å². The summed E-state index contributed by atoms with van der Waals surface area (Å²) >= 11 is 0. The summed E-state index contributed by atoms with van der Waals surface area (Å²) in [6, 6.07) is 6.18. The SMILES string of the molecule is CCC(C#N)NC(=O)c1ccc(C)c(O)c1. The van der Waals surface area contributed by atoms with Crippen LogP contribution in [0.4, 0.5) is 0 Å². The lowest BCUT2D eigenvalue weighted by atomic mass is 10.1. The van der Waals surface area contributed by atoms with Crippen molar-refractivity contribution in [3.63, 3.8) is 0 Å². The lowest BCUT2D eigenvalue weighted by molar-refractivity contribution is 0.0944. The Morgan fingerprint density at radius 2 is 2.31 bits per heavy atom. The van der Waals surface area contributed by atoms with Gasteiger partial charge in [-0.05, 0) is 31.0 Å². The van der Waals surface area contributed by atoms with Crippen LogP contribution in [0.2, 0.25) is 0 Å². The van der Waals surface area contributed by atoms with Crippen molar-refractivity contribution >= 4 is 5.91 Å². The van der Waals surface area contributed by atoms with Crippen molar-refractivity contribution in [2.75, 3.05) is 0 Å². The van der Waals surface area contributed by atoms with Gasteiger partial charge in [0.1, 0.15) is 11.8 Å². The van der Waals surface area contributed by atoms with Crippen LogP contribution in [0.1, 0.15) is 29.3 Å². The van der Waals surface area contributed by atoms with E-state index in [1.54, 1.807) is 19.1 Å². The Hall–Kier alpha value is -2.02. The summed E-state index contributed by atoms with van der Waals surface area (Å²) in [5, 5.41) is 20.7. The number of phenols is 1. The molecular weight excluding hydrogens is 204 g/mol. The Bertz CT molecular complexity index is 435. The van der Waals surface area contributed by atoms with Gasteiger partial charge in [0.2, 0.25) is 0 Å². The average Bonchev–Trinajstić information content (AvgIpc) is 2.29. The molecule has 1 unspecified atom stereocenters. The first-order valence-corrected chi connectivity index (χ1v) is 5.08. The van der Waals surface area contributed by atoms with Crippen LogP contribution in [-0.4, -0.2) is 17.1 Å². The molecule has 0 saturated carbocycles. The number of hydrogen-bond donors (Lipinski definition) is 2. The van der Waals surface area contributed by atoms with E-state index in [4.69, 9.17) is 5.26 Å². The summed E-state index contributed by atoms with van der Waals surface area (Å²) in [7, 11) is 0. The first-order chi connectivity index (χ1) is 7.58. The van der Waals surface area contributed by atoms with E-state index < -0.39 is 6.04 Å². The molecule has 4 nitrogen and oxygen atoms in total. The summed E-state index contributed by atoms with van der Waals surface area (Å²) < 4.78 is 0. The minimum Gasteiger partial charge on any atom is -0.508 e. The fourth-order valence-corrected chi connectivity index (χ4v) is 1.22. The van der Waals surface area contributed by atoms with Crippen molar-refractivity contribution in [1.82, 2.24) is 5.32 Å². The van der Waals surface area contributed by atoms with Crippen molar-refractivity contribution in [1.29, 1.82) is 5.26 Å². The van der Waals surface area contributed by atoms with Crippen LogP contribution in [0.3, 0.4) is 0 Å². The van der Waals surface area contributed by atoms with Gasteiger partial charge >= 0.3 is 0 Å². The molecule has 0 aromatic heterocycles. The molecule has 1 amide bonds. The van der Waals surface area contributed by atoms with Crippen molar-refractivity contribution in [2.45, 2.75) is 26.3 Å². The number of amides is 1. The van der Waals surface area contributed by atoms with Crippen LogP contribution in [0, 0.1) is 18.3 Å². The quantitative estimate of drug-likeness (QED) is 0.811. The number of benzene rings is 1. The van der Waals surface area contributed by atoms with Gasteiger partial charge in [-0.1, -0.05) is 13.0 Å². The summed E-state index contributed by atoms with van der Waals surface area (Å²) in [5.41, 5.74) is 1.07. The van der Waals surface area contributed by atoms with Crippen LogP contribution in [0.15, 0.2) is 18.2 Å². The Kier molecular flexibility index (Phi) is 3.90. The number of rotatable bonds is 3. The molecule has 84 valence electrons. The van der Waals surface area contributed by atoms with Crippen LogP contribution in [0.5, 0.6) is 5.75 Å². The third kappa shape index (κ3) is 2.74. The van der Waals surface area contributed by atoms with Gasteiger partial charge in [0.25, 0.3) is 5.91 Å². The minimum atomic E-state index is -0.490. The molecule has 4 heteroatoms. The van der Waals surface area contributed by atoms with Gasteiger partial charge in [-0.2, -0.15) is 5.26 Å². The number of carbonyl (C=O) groups excluding carboxylic acids is 1. The largest absolute Gasteiger partial charge is 0.508 e. The van der Waals surface area contributed by atoms with E-state index in [1.807, 2.05) is 13.0 Å². The molecule has 1 rings (SSSR count). The highest BCUT2D eigenvalue weighted by molar-refractivity contribution is 5.95. The van der Waals surface area contributed by atoms with E-state index in [9.17, 15) is 9.90 Å². The minimum absolute atomic E-state index is 0.0812. The normalized spacial score (nSPS) is 11.6. The first-order valence-electron chi connectivity index (χ1n) is 5.08. The van der Waals surface area contributed by atoms with Crippen LogP contribution in [0.25, 0.3) is 0 Å². The Balaban J connectivity index is 2.81. The second-order valence-electron chi connectivity index (χ2n) is 3.56. The predicted molar refractivity (Wildman–Crippen MR) is 60.0 cm³/mol. The van der Waals surface area contributed by atoms with Gasteiger partial charge in [0, 0.05) is 5.56 Å². The zero-order valence-electron chi connectivity index (χ0n) is 9.32. The topological polar surface area (TPSA) is 73.1 Å². The summed E-state index contributed by atoms with van der Waals surface area (Å²) in [4.78, 5) is 11.7. The molecule has 0 aliphatic rings. The molecule has 0 saturated heterocycles. The Labute approximate surface area is 94.5 Å². The van der Waals surface area contributed by atoms with Crippen molar-refractivity contribution in [3.05, 3.63) is 29.3 Å². The third-order valence-electron chi connectivity index (χ3n) is 2.34. The maximum Gasteiger partial charge on any atom is 0.252 e. The van der Waals surface area contributed by atoms with Gasteiger partial charge in [-0.3, -0.25) is 4.79 Å². The van der Waals surface area contributed by atoms with E-state index in [-0.39, 0.29) is 11.7 Å². The zero-order chi connectivity index (χ0) is 12.1. The first kappa shape index (κ1) is 12.1. The predicted octanol–water partition coefficient (Wildman–Crippen LogP) is 1.73. The van der Waals surface area contributed by atoms with Crippen LogP contribution in [-0.2, 0) is 0 Å². The number of nitriles is 1. The highest BCUT2D eigenvalue weighted by atomic mass is 16.3. The number of aromatic hydroxyl groups is 1. The lowest BCUT2D eigenvalue weighted by Gasteiger charge is -2.09. The Morgan fingerprint density at radius 1 is 1.62 bits per heavy atom. The van der Waals surface area contributed by atoms with Crippen molar-refractivity contribution < 1.29 is 9.90 Å². The number of aryl methyl sites for hydroxylation is 1. The molecule has 0 aliphatic carbocycles. The lowest BCUT2D eigenvalue weighted by Crippen LogP contribution is -2.33. The number of carbonyl (C=O) groups is 1. The number of nitrogens with one attached hydrogen (secondary N) is 1. The third-order valence-corrected chi connectivity index (χ3v) is 2.34. The molecule has 0 fully saturated rings. The molecule has 1 aromatic rings. The van der Waals surface area contributed by atoms with Gasteiger partial charge in [-0.25, -0.2) is 0 Å². The maximum atomic E-state index is 11.7. The number of phenolic OH excluding ortho intramolecular Hbond substituents is 1. The second kappa shape index (κ2) is 5.17. The molecule has 0 radical (unpaired) electrons. The average molecular weight is 218 g/mol. The second-order valence-corrected chi connectivity index (χ2v) is 3.56. The van der Waals surface area contributed by atoms with Crippen LogP contribution < -0.4 is 5.32 Å². The molecule has 1 aromatic carbocycles. The molecule has 16 heavy (non-hydrogen) atoms. The summed E-state index contributed by atoms with van der Waals surface area (Å²) in [6.45, 7) is 3.57. The summed E-state index contributed by atoms with van der Waals surface area (Å²) in [6.07, 6.45) is 0.556. The smallest absolute Gasteiger partial charge is 0.252 e. The van der Waals surface area contributed by atoms with Crippen molar-refractivity contribution in [3.8, 4) is 11.8 Å². The molecule has 2 N–H and O–H groups in total. The van der Waals surface area contributed by atoms with E-state index in [0.29, 0.717) is 17.5 Å². The molecule has 0 spiro atoms. The fraction of sp³-hybridized carbons (Fsp3) is 0.333. The van der Waals surface area contributed by atoms with Gasteiger partial charge in [-0.15, -0.1) is 0 Å². The molecule has 0 heterocycles.